The van der Waals surface area contributed by atoms with E-state index in [1.807, 2.05) is 6.07 Å². The fraction of sp³-hybridized carbons (Fsp3) is 0. The Kier molecular flexibility index (Phi) is 3.07. The average molecular weight is 157 g/mol. The number of aromatic nitrogens is 1. The van der Waals surface area contributed by atoms with Crippen molar-refractivity contribution in [3.05, 3.63) is 30.7 Å². The average Bonchev–Trinajstić information content (AvgIpc) is 2.33. The summed E-state index contributed by atoms with van der Waals surface area (Å²) in [7, 11) is 0. The van der Waals surface area contributed by atoms with E-state index < -0.39 is 0 Å². The second-order valence-electron chi connectivity index (χ2n) is 1.72. The maximum atomic E-state index is 5.00. The quantitative estimate of drug-likeness (QED) is 0.348. The maximum Gasteiger partial charge on any atom is 1.00 e. The van der Waals surface area contributed by atoms with Crippen LogP contribution >= 0.6 is 0 Å². The summed E-state index contributed by atoms with van der Waals surface area (Å²) in [5, 5.41) is 0. The standard InChI is InChI=1S/C7H4NO.K/c1-2-7-6(8-4-1)3-5-9-7;/h1,3-5H;/q-1;+1. The van der Waals surface area contributed by atoms with Crippen molar-refractivity contribution in [2.45, 2.75) is 0 Å². The van der Waals surface area contributed by atoms with E-state index in [-0.39, 0.29) is 51.4 Å². The normalized spacial score (nSPS) is 9.20. The van der Waals surface area contributed by atoms with E-state index >= 15 is 0 Å². The molecule has 0 atom stereocenters. The smallest absolute Gasteiger partial charge is 0.490 e. The Balaban J connectivity index is 0.000000500. The van der Waals surface area contributed by atoms with Crippen LogP contribution in [-0.2, 0) is 0 Å². The number of pyridine rings is 1. The van der Waals surface area contributed by atoms with Crippen molar-refractivity contribution in [3.63, 3.8) is 0 Å². The van der Waals surface area contributed by atoms with Crippen molar-refractivity contribution in [3.8, 4) is 0 Å². The summed E-state index contributed by atoms with van der Waals surface area (Å²) in [6, 6.07) is 6.44. The molecule has 10 heavy (non-hydrogen) atoms. The molecule has 0 fully saturated rings. The van der Waals surface area contributed by atoms with Gasteiger partial charge in [0, 0.05) is 5.58 Å². The van der Waals surface area contributed by atoms with Gasteiger partial charge in [0.25, 0.3) is 0 Å². The fourth-order valence-corrected chi connectivity index (χ4v) is 0.743. The van der Waals surface area contributed by atoms with Gasteiger partial charge < -0.3 is 9.40 Å². The molecule has 0 spiro atoms. The summed E-state index contributed by atoms with van der Waals surface area (Å²) in [6.45, 7) is 0. The van der Waals surface area contributed by atoms with E-state index in [0.29, 0.717) is 0 Å². The van der Waals surface area contributed by atoms with Gasteiger partial charge in [0.15, 0.2) is 0 Å². The van der Waals surface area contributed by atoms with Crippen LogP contribution in [0.25, 0.3) is 11.1 Å². The summed E-state index contributed by atoms with van der Waals surface area (Å²) in [5.41, 5.74) is 1.58. The maximum absolute atomic E-state index is 5.00. The van der Waals surface area contributed by atoms with E-state index in [1.54, 1.807) is 18.5 Å². The van der Waals surface area contributed by atoms with Gasteiger partial charge in [0.05, 0.1) is 6.26 Å². The number of nitrogens with zero attached hydrogens (tertiary/aromatic N) is 1. The van der Waals surface area contributed by atoms with Gasteiger partial charge in [-0.1, -0.05) is 12.3 Å². The van der Waals surface area contributed by atoms with Crippen LogP contribution in [0.5, 0.6) is 0 Å². The van der Waals surface area contributed by atoms with E-state index in [2.05, 4.69) is 11.1 Å². The van der Waals surface area contributed by atoms with Crippen LogP contribution in [0.15, 0.2) is 29.0 Å². The summed E-state index contributed by atoms with van der Waals surface area (Å²) in [5.74, 6) is 0. The summed E-state index contributed by atoms with van der Waals surface area (Å²) < 4.78 is 5.00. The Hall–Kier alpha value is 0.326. The van der Waals surface area contributed by atoms with E-state index in [9.17, 15) is 0 Å². The van der Waals surface area contributed by atoms with Gasteiger partial charge in [-0.3, -0.25) is 0 Å². The zero-order valence-electron chi connectivity index (χ0n) is 5.66. The van der Waals surface area contributed by atoms with Crippen LogP contribution in [-0.4, -0.2) is 4.98 Å². The third kappa shape index (κ3) is 1.49. The molecule has 0 radical (unpaired) electrons. The molecule has 2 heterocycles. The Morgan fingerprint density at radius 3 is 3.20 bits per heavy atom. The number of hydrogen-bond donors (Lipinski definition) is 0. The Morgan fingerprint density at radius 2 is 2.40 bits per heavy atom. The van der Waals surface area contributed by atoms with Crippen LogP contribution in [0, 0.1) is 6.07 Å². The molecule has 44 valence electrons. The molecule has 0 saturated heterocycles. The van der Waals surface area contributed by atoms with E-state index in [0.717, 1.165) is 11.1 Å². The molecule has 0 saturated carbocycles. The van der Waals surface area contributed by atoms with Crippen LogP contribution in [0.4, 0.5) is 0 Å². The molecule has 0 aliphatic heterocycles. The number of furan rings is 1. The summed E-state index contributed by atoms with van der Waals surface area (Å²) in [4.78, 5) is 4.02. The van der Waals surface area contributed by atoms with Crippen LogP contribution in [0.1, 0.15) is 0 Å². The first-order chi connectivity index (χ1) is 4.47. The van der Waals surface area contributed by atoms with Gasteiger partial charge in [-0.25, -0.2) is 0 Å². The monoisotopic (exact) mass is 157 g/mol. The van der Waals surface area contributed by atoms with Gasteiger partial charge >= 0.3 is 51.4 Å². The Morgan fingerprint density at radius 1 is 1.50 bits per heavy atom. The molecule has 0 aromatic carbocycles. The zero-order chi connectivity index (χ0) is 6.10. The minimum atomic E-state index is 0. The zero-order valence-corrected chi connectivity index (χ0v) is 8.79. The van der Waals surface area contributed by atoms with Gasteiger partial charge in [-0.05, 0) is 5.52 Å². The van der Waals surface area contributed by atoms with Crippen molar-refractivity contribution >= 4 is 11.1 Å². The number of hydrogen-bond acceptors (Lipinski definition) is 2. The van der Waals surface area contributed by atoms with E-state index in [1.165, 1.54) is 0 Å². The van der Waals surface area contributed by atoms with Crippen molar-refractivity contribution < 1.29 is 55.8 Å². The third-order valence-corrected chi connectivity index (χ3v) is 1.15. The predicted octanol–water partition coefficient (Wildman–Crippen LogP) is -1.37. The number of rotatable bonds is 0. The Labute approximate surface area is 101 Å². The molecule has 2 rings (SSSR count). The van der Waals surface area contributed by atoms with Gasteiger partial charge in [0.1, 0.15) is 0 Å². The molecular weight excluding hydrogens is 153 g/mol. The van der Waals surface area contributed by atoms with Crippen molar-refractivity contribution in [1.29, 1.82) is 0 Å². The Bertz CT molecular complexity index is 288. The fourth-order valence-electron chi connectivity index (χ4n) is 0.743. The largest absolute Gasteiger partial charge is 1.00 e. The first kappa shape index (κ1) is 8.42. The molecule has 2 aromatic heterocycles. The van der Waals surface area contributed by atoms with Crippen molar-refractivity contribution in [2.75, 3.05) is 0 Å². The summed E-state index contributed by atoms with van der Waals surface area (Å²) in [6.07, 6.45) is 3.30. The molecular formula is C7H4KNO. The molecule has 0 unspecified atom stereocenters. The van der Waals surface area contributed by atoms with Crippen molar-refractivity contribution in [1.82, 2.24) is 4.98 Å². The van der Waals surface area contributed by atoms with E-state index in [4.69, 9.17) is 4.42 Å². The van der Waals surface area contributed by atoms with Crippen LogP contribution in [0.3, 0.4) is 0 Å². The molecule has 0 bridgehead atoms. The minimum absolute atomic E-state index is 0. The molecule has 2 aromatic rings. The topological polar surface area (TPSA) is 26.0 Å². The molecule has 0 N–H and O–H groups in total. The van der Waals surface area contributed by atoms with Crippen molar-refractivity contribution in [2.24, 2.45) is 0 Å². The first-order valence-electron chi connectivity index (χ1n) is 2.67. The molecule has 3 heteroatoms. The predicted molar refractivity (Wildman–Crippen MR) is 32.8 cm³/mol. The minimum Gasteiger partial charge on any atom is -0.490 e. The van der Waals surface area contributed by atoms with Gasteiger partial charge in [-0.15, -0.1) is 6.07 Å². The summed E-state index contributed by atoms with van der Waals surface area (Å²) >= 11 is 0. The van der Waals surface area contributed by atoms with Crippen LogP contribution < -0.4 is 51.4 Å². The number of fused-ring (bicyclic) bond motifs is 1. The van der Waals surface area contributed by atoms with Crippen LogP contribution in [0.2, 0.25) is 0 Å². The molecule has 0 aliphatic carbocycles. The van der Waals surface area contributed by atoms with Gasteiger partial charge in [0.2, 0.25) is 0 Å². The molecule has 2 nitrogen and oxygen atoms in total. The van der Waals surface area contributed by atoms with Gasteiger partial charge in [-0.2, -0.15) is 6.07 Å². The molecule has 0 amide bonds. The second-order valence-corrected chi connectivity index (χ2v) is 1.72. The SMILES string of the molecule is [K+].[c-]1ccnc2ccoc12. The third-order valence-electron chi connectivity index (χ3n) is 1.15. The second kappa shape index (κ2) is 3.64. The molecule has 0 aliphatic rings. The first-order valence-corrected chi connectivity index (χ1v) is 2.67.